The second-order valence-corrected chi connectivity index (χ2v) is 2.32. The average molecular weight is 163 g/mol. The number of thiophene rings is 1. The Morgan fingerprint density at radius 2 is 2.30 bits per heavy atom. The molecule has 1 rings (SSSR count). The molecular weight excluding hydrogens is 157 g/mol. The summed E-state index contributed by atoms with van der Waals surface area (Å²) in [6.07, 6.45) is 0. The molecule has 0 spiro atoms. The molecule has 0 aliphatic carbocycles. The smallest absolute Gasteiger partial charge is 0.348 e. The largest absolute Gasteiger partial charge is 0.477 e. The maximum Gasteiger partial charge on any atom is 0.348 e. The first-order valence-electron chi connectivity index (χ1n) is 2.18. The van der Waals surface area contributed by atoms with Gasteiger partial charge in [0.2, 0.25) is 0 Å². The Kier molecular flexibility index (Phi) is 2.98. The van der Waals surface area contributed by atoms with Crippen molar-refractivity contribution in [2.24, 2.45) is 0 Å². The van der Waals surface area contributed by atoms with Crippen LogP contribution in [0.25, 0.3) is 0 Å². The molecule has 5 heteroatoms. The highest BCUT2D eigenvalue weighted by Gasteiger charge is 2.09. The summed E-state index contributed by atoms with van der Waals surface area (Å²) in [4.78, 5) is 9.83. The minimum atomic E-state index is -1.21. The van der Waals surface area contributed by atoms with Crippen LogP contribution in [0.5, 0.6) is 0 Å². The van der Waals surface area contributed by atoms with Gasteiger partial charge in [-0.15, -0.1) is 11.3 Å². The number of hydrogen-bond donors (Lipinski definition) is 2. The lowest BCUT2D eigenvalue weighted by molar-refractivity contribution is 0.0698. The molecule has 1 aromatic heterocycles. The Balaban J connectivity index is 0.000000810. The molecule has 0 saturated heterocycles. The molecule has 56 valence electrons. The molecule has 0 aromatic carbocycles. The van der Waals surface area contributed by atoms with Gasteiger partial charge in [0, 0.05) is 0 Å². The lowest BCUT2D eigenvalue weighted by Gasteiger charge is -1.82. The van der Waals surface area contributed by atoms with Crippen LogP contribution in [0.15, 0.2) is 11.4 Å². The van der Waals surface area contributed by atoms with Gasteiger partial charge in [0.15, 0.2) is 0 Å². The van der Waals surface area contributed by atoms with Crippen molar-refractivity contribution in [2.45, 2.75) is 0 Å². The standard InChI is InChI=1S/C5H3FO2S.H3N/c6-3-1-2-9-4(3)5(7)8;/h1-2H,(H,7,8);1H3. The van der Waals surface area contributed by atoms with Crippen LogP contribution in [0.2, 0.25) is 0 Å². The molecule has 0 radical (unpaired) electrons. The number of carboxylic acid groups (broad SMARTS) is 1. The summed E-state index contributed by atoms with van der Waals surface area (Å²) in [6.45, 7) is 0. The fourth-order valence-corrected chi connectivity index (χ4v) is 1.05. The van der Waals surface area contributed by atoms with Crippen molar-refractivity contribution in [3.8, 4) is 0 Å². The summed E-state index contributed by atoms with van der Waals surface area (Å²) < 4.78 is 12.2. The first-order chi connectivity index (χ1) is 4.22. The molecule has 0 saturated carbocycles. The van der Waals surface area contributed by atoms with Gasteiger partial charge in [-0.3, -0.25) is 0 Å². The first kappa shape index (κ1) is 9.06. The SMILES string of the molecule is N.O=C(O)c1sccc1F. The normalized spacial score (nSPS) is 8.50. The van der Waals surface area contributed by atoms with Crippen LogP contribution in [0.4, 0.5) is 4.39 Å². The van der Waals surface area contributed by atoms with E-state index in [-0.39, 0.29) is 11.0 Å². The van der Waals surface area contributed by atoms with Crippen LogP contribution < -0.4 is 6.15 Å². The summed E-state index contributed by atoms with van der Waals surface area (Å²) in [5.41, 5.74) is 0. The maximum absolute atomic E-state index is 12.2. The van der Waals surface area contributed by atoms with Crippen molar-refractivity contribution in [1.29, 1.82) is 0 Å². The predicted octanol–water partition coefficient (Wildman–Crippen LogP) is 1.75. The summed E-state index contributed by atoms with van der Waals surface area (Å²) in [7, 11) is 0. The molecule has 1 heterocycles. The number of aromatic carboxylic acids is 1. The third-order valence-corrected chi connectivity index (χ3v) is 1.69. The van der Waals surface area contributed by atoms with Crippen molar-refractivity contribution in [3.63, 3.8) is 0 Å². The zero-order valence-electron chi connectivity index (χ0n) is 5.00. The van der Waals surface area contributed by atoms with Gasteiger partial charge in [-0.05, 0) is 11.4 Å². The van der Waals surface area contributed by atoms with E-state index in [1.165, 1.54) is 5.38 Å². The molecule has 0 bridgehead atoms. The van der Waals surface area contributed by atoms with Crippen molar-refractivity contribution in [3.05, 3.63) is 22.1 Å². The van der Waals surface area contributed by atoms with Crippen molar-refractivity contribution in [1.82, 2.24) is 6.15 Å². The Bertz CT molecular complexity index is 235. The zero-order chi connectivity index (χ0) is 6.85. The van der Waals surface area contributed by atoms with E-state index in [9.17, 15) is 9.18 Å². The molecule has 0 unspecified atom stereocenters. The van der Waals surface area contributed by atoms with Crippen LogP contribution >= 0.6 is 11.3 Å². The lowest BCUT2D eigenvalue weighted by Crippen LogP contribution is -1.93. The Morgan fingerprint density at radius 1 is 1.70 bits per heavy atom. The molecule has 0 aliphatic rings. The molecule has 10 heavy (non-hydrogen) atoms. The third kappa shape index (κ3) is 1.52. The van der Waals surface area contributed by atoms with E-state index in [0.717, 1.165) is 17.4 Å². The zero-order valence-corrected chi connectivity index (χ0v) is 5.82. The Labute approximate surface area is 60.7 Å². The molecule has 3 nitrogen and oxygen atoms in total. The van der Waals surface area contributed by atoms with E-state index >= 15 is 0 Å². The van der Waals surface area contributed by atoms with E-state index in [2.05, 4.69) is 0 Å². The number of halogens is 1. The number of rotatable bonds is 1. The molecule has 0 amide bonds. The van der Waals surface area contributed by atoms with Gasteiger partial charge in [0.1, 0.15) is 10.7 Å². The maximum atomic E-state index is 12.2. The quantitative estimate of drug-likeness (QED) is 0.662. The van der Waals surface area contributed by atoms with Gasteiger partial charge in [0.05, 0.1) is 0 Å². The first-order valence-corrected chi connectivity index (χ1v) is 3.06. The topological polar surface area (TPSA) is 72.3 Å². The minimum Gasteiger partial charge on any atom is -0.477 e. The van der Waals surface area contributed by atoms with Crippen LogP contribution in [-0.4, -0.2) is 11.1 Å². The van der Waals surface area contributed by atoms with Gasteiger partial charge in [-0.2, -0.15) is 0 Å². The minimum absolute atomic E-state index is 0. The molecule has 1 aromatic rings. The van der Waals surface area contributed by atoms with Crippen LogP contribution in [-0.2, 0) is 0 Å². The van der Waals surface area contributed by atoms with Gasteiger partial charge >= 0.3 is 5.97 Å². The van der Waals surface area contributed by atoms with Gasteiger partial charge in [-0.25, -0.2) is 9.18 Å². The summed E-state index contributed by atoms with van der Waals surface area (Å²) in [5, 5.41) is 9.63. The Morgan fingerprint density at radius 3 is 2.50 bits per heavy atom. The predicted molar refractivity (Wildman–Crippen MR) is 36.3 cm³/mol. The average Bonchev–Trinajstić information content (AvgIpc) is 2.13. The molecule has 0 fully saturated rings. The van der Waals surface area contributed by atoms with Crippen molar-refractivity contribution in [2.75, 3.05) is 0 Å². The summed E-state index contributed by atoms with van der Waals surface area (Å²) in [5.74, 6) is -1.87. The molecule has 4 N–H and O–H groups in total. The highest BCUT2D eigenvalue weighted by Crippen LogP contribution is 2.13. The van der Waals surface area contributed by atoms with Gasteiger partial charge in [-0.1, -0.05) is 0 Å². The molecule has 0 aliphatic heterocycles. The van der Waals surface area contributed by atoms with Gasteiger partial charge < -0.3 is 11.3 Å². The number of carboxylic acids is 1. The van der Waals surface area contributed by atoms with Crippen LogP contribution in [0, 0.1) is 5.82 Å². The van der Waals surface area contributed by atoms with E-state index in [0.29, 0.717) is 0 Å². The summed E-state index contributed by atoms with van der Waals surface area (Å²) >= 11 is 0.883. The van der Waals surface area contributed by atoms with E-state index in [1.807, 2.05) is 0 Å². The number of carbonyl (C=O) groups is 1. The van der Waals surface area contributed by atoms with E-state index < -0.39 is 11.8 Å². The number of hydrogen-bond acceptors (Lipinski definition) is 3. The van der Waals surface area contributed by atoms with Crippen molar-refractivity contribution < 1.29 is 14.3 Å². The van der Waals surface area contributed by atoms with E-state index in [1.54, 1.807) is 0 Å². The fourth-order valence-electron chi connectivity index (χ4n) is 0.446. The highest BCUT2D eigenvalue weighted by atomic mass is 32.1. The highest BCUT2D eigenvalue weighted by molar-refractivity contribution is 7.11. The van der Waals surface area contributed by atoms with Crippen LogP contribution in [0.1, 0.15) is 9.67 Å². The lowest BCUT2D eigenvalue weighted by atomic mass is 10.4. The Hall–Kier alpha value is -0.940. The molecular formula is C5H6FNO2S. The third-order valence-electron chi connectivity index (χ3n) is 0.811. The second kappa shape index (κ2) is 3.28. The van der Waals surface area contributed by atoms with Gasteiger partial charge in [0.25, 0.3) is 0 Å². The van der Waals surface area contributed by atoms with Crippen LogP contribution in [0.3, 0.4) is 0 Å². The molecule has 0 atom stereocenters. The monoisotopic (exact) mass is 163 g/mol. The fraction of sp³-hybridized carbons (Fsp3) is 0. The second-order valence-electron chi connectivity index (χ2n) is 1.40. The van der Waals surface area contributed by atoms with E-state index in [4.69, 9.17) is 5.11 Å². The van der Waals surface area contributed by atoms with Crippen molar-refractivity contribution >= 4 is 17.3 Å². The summed E-state index contributed by atoms with van der Waals surface area (Å²) in [6, 6.07) is 1.13.